The lowest BCUT2D eigenvalue weighted by Gasteiger charge is -2.15. The fraction of sp³-hybridized carbons (Fsp3) is 0.875. The first-order chi connectivity index (χ1) is 6.94. The van der Waals surface area contributed by atoms with Gasteiger partial charge in [0, 0.05) is 19.5 Å². The van der Waals surface area contributed by atoms with Crippen LogP contribution in [0.15, 0.2) is 0 Å². The number of ether oxygens (including phenoxy) is 1. The van der Waals surface area contributed by atoms with Gasteiger partial charge >= 0.3 is 5.97 Å². The van der Waals surface area contributed by atoms with E-state index in [2.05, 4.69) is 4.74 Å². The van der Waals surface area contributed by atoms with Gasteiger partial charge in [-0.15, -0.1) is 11.6 Å². The molecule has 0 saturated carbocycles. The first-order valence-electron chi connectivity index (χ1n) is 4.59. The molecule has 15 heavy (non-hydrogen) atoms. The summed E-state index contributed by atoms with van der Waals surface area (Å²) in [6.07, 6.45) is 0.0614. The molecule has 0 aliphatic carbocycles. The summed E-state index contributed by atoms with van der Waals surface area (Å²) in [7, 11) is -1.91. The van der Waals surface area contributed by atoms with Crippen molar-refractivity contribution in [2.45, 2.75) is 13.3 Å². The zero-order chi connectivity index (χ0) is 11.9. The van der Waals surface area contributed by atoms with Gasteiger partial charge in [0.2, 0.25) is 10.0 Å². The first kappa shape index (κ1) is 14.7. The van der Waals surface area contributed by atoms with Gasteiger partial charge in [-0.05, 0) is 6.92 Å². The summed E-state index contributed by atoms with van der Waals surface area (Å²) < 4.78 is 28.6. The molecule has 0 aliphatic rings. The van der Waals surface area contributed by atoms with Crippen LogP contribution >= 0.6 is 11.6 Å². The Bertz CT molecular complexity index is 291. The van der Waals surface area contributed by atoms with Crippen molar-refractivity contribution in [3.05, 3.63) is 0 Å². The van der Waals surface area contributed by atoms with Crippen molar-refractivity contribution in [3.63, 3.8) is 0 Å². The molecule has 0 N–H and O–H groups in total. The van der Waals surface area contributed by atoms with E-state index in [1.165, 1.54) is 7.05 Å². The van der Waals surface area contributed by atoms with E-state index < -0.39 is 16.0 Å². The molecule has 90 valence electrons. The Morgan fingerprint density at radius 2 is 2.07 bits per heavy atom. The summed E-state index contributed by atoms with van der Waals surface area (Å²) in [4.78, 5) is 11.0. The molecular weight excluding hydrogens is 242 g/mol. The molecule has 0 atom stereocenters. The van der Waals surface area contributed by atoms with Crippen molar-refractivity contribution in [3.8, 4) is 0 Å². The molecule has 0 spiro atoms. The molecule has 0 aromatic rings. The van der Waals surface area contributed by atoms with E-state index in [0.29, 0.717) is 6.61 Å². The number of carbonyl (C=O) groups excluding carboxylic acids is 1. The van der Waals surface area contributed by atoms with Crippen molar-refractivity contribution in [2.24, 2.45) is 0 Å². The Labute approximate surface area is 95.4 Å². The number of rotatable bonds is 7. The predicted molar refractivity (Wildman–Crippen MR) is 58.4 cm³/mol. The fourth-order valence-electron chi connectivity index (χ4n) is 0.874. The van der Waals surface area contributed by atoms with Gasteiger partial charge in [-0.2, -0.15) is 0 Å². The monoisotopic (exact) mass is 257 g/mol. The molecule has 0 radical (unpaired) electrons. The van der Waals surface area contributed by atoms with Crippen molar-refractivity contribution >= 4 is 27.6 Å². The Hall–Kier alpha value is -0.330. The zero-order valence-electron chi connectivity index (χ0n) is 8.90. The summed E-state index contributed by atoms with van der Waals surface area (Å²) in [5.74, 6) is -0.467. The molecule has 0 heterocycles. The summed E-state index contributed by atoms with van der Waals surface area (Å²) in [5, 5.41) is 0. The average Bonchev–Trinajstić information content (AvgIpc) is 2.14. The van der Waals surface area contributed by atoms with Gasteiger partial charge in [0.15, 0.2) is 0 Å². The summed E-state index contributed by atoms with van der Waals surface area (Å²) in [6, 6.07) is 0. The average molecular weight is 258 g/mol. The van der Waals surface area contributed by atoms with Crippen LogP contribution in [0.1, 0.15) is 13.3 Å². The maximum absolute atomic E-state index is 11.4. The Morgan fingerprint density at radius 3 is 2.53 bits per heavy atom. The second kappa shape index (κ2) is 7.03. The molecule has 0 rings (SSSR count). The second-order valence-corrected chi connectivity index (χ2v) is 5.45. The third-order valence-corrected chi connectivity index (χ3v) is 4.01. The van der Waals surface area contributed by atoms with Crippen LogP contribution in [0, 0.1) is 0 Å². The lowest BCUT2D eigenvalue weighted by molar-refractivity contribution is -0.143. The molecule has 0 fully saturated rings. The van der Waals surface area contributed by atoms with Crippen molar-refractivity contribution in [1.82, 2.24) is 4.31 Å². The normalized spacial score (nSPS) is 11.7. The Kier molecular flexibility index (Phi) is 6.87. The molecule has 5 nitrogen and oxygen atoms in total. The lowest BCUT2D eigenvalue weighted by atomic mass is 10.4. The van der Waals surface area contributed by atoms with Gasteiger partial charge in [-0.25, -0.2) is 12.7 Å². The number of carbonyl (C=O) groups is 1. The number of hydrogen-bond acceptors (Lipinski definition) is 4. The second-order valence-electron chi connectivity index (χ2n) is 2.88. The van der Waals surface area contributed by atoms with Crippen molar-refractivity contribution in [1.29, 1.82) is 0 Å². The molecule has 0 aromatic carbocycles. The number of esters is 1. The third kappa shape index (κ3) is 5.96. The summed E-state index contributed by atoms with van der Waals surface area (Å²) >= 11 is 5.35. The van der Waals surface area contributed by atoms with E-state index in [1.54, 1.807) is 6.92 Å². The third-order valence-electron chi connectivity index (χ3n) is 1.75. The van der Waals surface area contributed by atoms with E-state index in [4.69, 9.17) is 11.6 Å². The number of nitrogens with zero attached hydrogens (tertiary/aromatic N) is 1. The van der Waals surface area contributed by atoms with Gasteiger partial charge in [0.1, 0.15) is 0 Å². The minimum absolute atomic E-state index is 0.0477. The number of sulfonamides is 1. The summed E-state index contributed by atoms with van der Waals surface area (Å²) in [6.45, 7) is 2.13. The van der Waals surface area contributed by atoms with E-state index in [9.17, 15) is 13.2 Å². The van der Waals surface area contributed by atoms with Crippen LogP contribution in [0.4, 0.5) is 0 Å². The van der Waals surface area contributed by atoms with Crippen LogP contribution < -0.4 is 0 Å². The molecule has 0 saturated heterocycles. The zero-order valence-corrected chi connectivity index (χ0v) is 10.5. The minimum Gasteiger partial charge on any atom is -0.466 e. The smallest absolute Gasteiger partial charge is 0.307 e. The van der Waals surface area contributed by atoms with E-state index >= 15 is 0 Å². The maximum atomic E-state index is 11.4. The molecule has 0 unspecified atom stereocenters. The quantitative estimate of drug-likeness (QED) is 0.490. The van der Waals surface area contributed by atoms with Crippen LogP contribution in [-0.2, 0) is 19.6 Å². The molecular formula is C8H16ClNO4S. The lowest BCUT2D eigenvalue weighted by Crippen LogP contribution is -2.32. The molecule has 0 bridgehead atoms. The molecule has 0 amide bonds. The number of alkyl halides is 1. The van der Waals surface area contributed by atoms with Crippen molar-refractivity contribution < 1.29 is 17.9 Å². The number of hydrogen-bond donors (Lipinski definition) is 0. The molecule has 7 heteroatoms. The van der Waals surface area contributed by atoms with Gasteiger partial charge in [-0.1, -0.05) is 0 Å². The Morgan fingerprint density at radius 1 is 1.47 bits per heavy atom. The van der Waals surface area contributed by atoms with Crippen LogP contribution in [-0.4, -0.2) is 50.5 Å². The highest BCUT2D eigenvalue weighted by molar-refractivity contribution is 7.89. The predicted octanol–water partition coefficient (Wildman–Crippen LogP) is 0.440. The molecule has 0 aliphatic heterocycles. The van der Waals surface area contributed by atoms with Gasteiger partial charge in [0.05, 0.1) is 18.8 Å². The van der Waals surface area contributed by atoms with E-state index in [0.717, 1.165) is 4.31 Å². The SMILES string of the molecule is CCOC(=O)CCN(C)S(=O)(=O)CCCl. The van der Waals surface area contributed by atoms with Gasteiger partial charge < -0.3 is 4.74 Å². The largest absolute Gasteiger partial charge is 0.466 e. The first-order valence-corrected chi connectivity index (χ1v) is 6.74. The highest BCUT2D eigenvalue weighted by Gasteiger charge is 2.17. The van der Waals surface area contributed by atoms with Crippen LogP contribution in [0.5, 0.6) is 0 Å². The fourth-order valence-corrected chi connectivity index (χ4v) is 2.34. The number of halogens is 1. The highest BCUT2D eigenvalue weighted by atomic mass is 35.5. The highest BCUT2D eigenvalue weighted by Crippen LogP contribution is 2.01. The van der Waals surface area contributed by atoms with Crippen molar-refractivity contribution in [2.75, 3.05) is 31.8 Å². The standard InChI is InChI=1S/C8H16ClNO4S/c1-3-14-8(11)4-6-10(2)15(12,13)7-5-9/h3-7H2,1-2H3. The van der Waals surface area contributed by atoms with Crippen LogP contribution in [0.2, 0.25) is 0 Å². The van der Waals surface area contributed by atoms with Crippen LogP contribution in [0.3, 0.4) is 0 Å². The topological polar surface area (TPSA) is 63.7 Å². The minimum atomic E-state index is -3.33. The van der Waals surface area contributed by atoms with Gasteiger partial charge in [-0.3, -0.25) is 4.79 Å². The summed E-state index contributed by atoms with van der Waals surface area (Å²) in [5.41, 5.74) is 0. The van der Waals surface area contributed by atoms with E-state index in [1.807, 2.05) is 0 Å². The van der Waals surface area contributed by atoms with E-state index in [-0.39, 0.29) is 24.6 Å². The molecule has 0 aromatic heterocycles. The van der Waals surface area contributed by atoms with Gasteiger partial charge in [0.25, 0.3) is 0 Å². The van der Waals surface area contributed by atoms with Crippen LogP contribution in [0.25, 0.3) is 0 Å². The maximum Gasteiger partial charge on any atom is 0.307 e. The Balaban J connectivity index is 4.03.